The van der Waals surface area contributed by atoms with Crippen LogP contribution in [0, 0.1) is 0 Å². The molecule has 1 unspecified atom stereocenters. The molecule has 0 radical (unpaired) electrons. The van der Waals surface area contributed by atoms with Gasteiger partial charge in [0.05, 0.1) is 24.8 Å². The van der Waals surface area contributed by atoms with Crippen molar-refractivity contribution in [3.63, 3.8) is 0 Å². The summed E-state index contributed by atoms with van der Waals surface area (Å²) in [6.07, 6.45) is 3.19. The van der Waals surface area contributed by atoms with Crippen LogP contribution in [0.4, 0.5) is 0 Å². The van der Waals surface area contributed by atoms with Gasteiger partial charge in [0.1, 0.15) is 0 Å². The first-order valence-electron chi connectivity index (χ1n) is 7.76. The summed E-state index contributed by atoms with van der Waals surface area (Å²) < 4.78 is 11.2. The average Bonchev–Trinajstić information content (AvgIpc) is 2.57. The second-order valence-corrected chi connectivity index (χ2v) is 5.01. The Balaban J connectivity index is 2.14. The molecule has 23 heavy (non-hydrogen) atoms. The summed E-state index contributed by atoms with van der Waals surface area (Å²) in [5.41, 5.74) is 1.49. The number of aromatic nitrogens is 1. The van der Waals surface area contributed by atoms with E-state index in [9.17, 15) is 4.79 Å². The molecule has 1 aromatic heterocycles. The molecule has 2 rings (SSSR count). The number of amides is 1. The number of pyridine rings is 1. The van der Waals surface area contributed by atoms with Gasteiger partial charge in [-0.05, 0) is 50.6 Å². The molecular formula is C18H22N2O3. The highest BCUT2D eigenvalue weighted by atomic mass is 16.5. The summed E-state index contributed by atoms with van der Waals surface area (Å²) in [6.45, 7) is 6.92. The van der Waals surface area contributed by atoms with E-state index >= 15 is 0 Å². The lowest BCUT2D eigenvalue weighted by molar-refractivity contribution is 0.0939. The number of nitrogens with zero attached hydrogens (tertiary/aromatic N) is 1. The van der Waals surface area contributed by atoms with Crippen LogP contribution in [0.15, 0.2) is 42.7 Å². The molecule has 1 N–H and O–H groups in total. The monoisotopic (exact) mass is 314 g/mol. The number of rotatable bonds is 7. The molecule has 1 aromatic carbocycles. The third-order valence-corrected chi connectivity index (χ3v) is 3.34. The lowest BCUT2D eigenvalue weighted by Gasteiger charge is -2.17. The number of hydrogen-bond donors (Lipinski definition) is 1. The largest absolute Gasteiger partial charge is 0.490 e. The van der Waals surface area contributed by atoms with Crippen molar-refractivity contribution >= 4 is 5.91 Å². The first-order chi connectivity index (χ1) is 11.2. The van der Waals surface area contributed by atoms with Gasteiger partial charge in [-0.3, -0.25) is 9.78 Å². The second kappa shape index (κ2) is 8.17. The number of nitrogens with one attached hydrogen (secondary N) is 1. The molecule has 1 atom stereocenters. The summed E-state index contributed by atoms with van der Waals surface area (Å²) in [5, 5.41) is 2.96. The molecule has 0 saturated heterocycles. The van der Waals surface area contributed by atoms with E-state index in [1.165, 1.54) is 0 Å². The highest BCUT2D eigenvalue weighted by Gasteiger charge is 2.14. The van der Waals surface area contributed by atoms with Crippen molar-refractivity contribution in [2.45, 2.75) is 26.8 Å². The Hall–Kier alpha value is -2.56. The van der Waals surface area contributed by atoms with E-state index in [2.05, 4.69) is 10.3 Å². The Morgan fingerprint density at radius 1 is 1.17 bits per heavy atom. The molecule has 2 aromatic rings. The van der Waals surface area contributed by atoms with Gasteiger partial charge in [-0.2, -0.15) is 0 Å². The number of carbonyl (C=O) groups excluding carboxylic acids is 1. The van der Waals surface area contributed by atoms with Crippen molar-refractivity contribution in [1.82, 2.24) is 10.3 Å². The fourth-order valence-electron chi connectivity index (χ4n) is 2.20. The predicted molar refractivity (Wildman–Crippen MR) is 88.9 cm³/mol. The van der Waals surface area contributed by atoms with Crippen LogP contribution in [0.2, 0.25) is 0 Å². The smallest absolute Gasteiger partial charge is 0.253 e. The van der Waals surface area contributed by atoms with Gasteiger partial charge in [0.25, 0.3) is 5.91 Å². The zero-order valence-electron chi connectivity index (χ0n) is 13.7. The zero-order valence-corrected chi connectivity index (χ0v) is 13.7. The van der Waals surface area contributed by atoms with E-state index in [1.807, 2.05) is 39.0 Å². The van der Waals surface area contributed by atoms with Crippen LogP contribution < -0.4 is 14.8 Å². The summed E-state index contributed by atoms with van der Waals surface area (Å²) in [7, 11) is 0. The van der Waals surface area contributed by atoms with Crippen molar-refractivity contribution in [3.05, 3.63) is 53.9 Å². The van der Waals surface area contributed by atoms with Crippen molar-refractivity contribution in [3.8, 4) is 11.5 Å². The quantitative estimate of drug-likeness (QED) is 0.851. The highest BCUT2D eigenvalue weighted by Crippen LogP contribution is 2.30. The summed E-state index contributed by atoms with van der Waals surface area (Å²) in [4.78, 5) is 16.2. The third kappa shape index (κ3) is 4.45. The number of hydrogen-bond acceptors (Lipinski definition) is 4. The van der Waals surface area contributed by atoms with Crippen LogP contribution in [0.25, 0.3) is 0 Å². The van der Waals surface area contributed by atoms with Crippen molar-refractivity contribution < 1.29 is 14.3 Å². The fourth-order valence-corrected chi connectivity index (χ4v) is 2.20. The van der Waals surface area contributed by atoms with Gasteiger partial charge in [0.2, 0.25) is 0 Å². The van der Waals surface area contributed by atoms with Crippen LogP contribution in [0.3, 0.4) is 0 Å². The van der Waals surface area contributed by atoms with E-state index < -0.39 is 0 Å². The molecular weight excluding hydrogens is 292 g/mol. The standard InChI is InChI=1S/C18H22N2O3/c1-4-22-16-9-8-14(11-17(16)23-5-2)13(3)20-18(21)15-7-6-10-19-12-15/h6-13H,4-5H2,1-3H3,(H,20,21). The summed E-state index contributed by atoms with van der Waals surface area (Å²) in [6, 6.07) is 9.03. The molecule has 0 saturated carbocycles. The zero-order chi connectivity index (χ0) is 16.7. The topological polar surface area (TPSA) is 60.5 Å². The van der Waals surface area contributed by atoms with Crippen LogP contribution >= 0.6 is 0 Å². The Kier molecular flexibility index (Phi) is 5.97. The van der Waals surface area contributed by atoms with Gasteiger partial charge in [-0.15, -0.1) is 0 Å². The molecule has 0 spiro atoms. The Labute approximate surface area is 136 Å². The van der Waals surface area contributed by atoms with Crippen LogP contribution in [0.1, 0.15) is 42.7 Å². The van der Waals surface area contributed by atoms with Gasteiger partial charge in [-0.25, -0.2) is 0 Å². The SMILES string of the molecule is CCOc1ccc(C(C)NC(=O)c2cccnc2)cc1OCC. The van der Waals surface area contributed by atoms with E-state index in [-0.39, 0.29) is 11.9 Å². The van der Waals surface area contributed by atoms with E-state index in [0.29, 0.717) is 30.3 Å². The Morgan fingerprint density at radius 3 is 2.57 bits per heavy atom. The molecule has 5 nitrogen and oxygen atoms in total. The molecule has 0 fully saturated rings. The lowest BCUT2D eigenvalue weighted by Crippen LogP contribution is -2.26. The molecule has 1 heterocycles. The third-order valence-electron chi connectivity index (χ3n) is 3.34. The van der Waals surface area contributed by atoms with Crippen LogP contribution in [-0.4, -0.2) is 24.1 Å². The van der Waals surface area contributed by atoms with Crippen molar-refractivity contribution in [1.29, 1.82) is 0 Å². The van der Waals surface area contributed by atoms with Crippen molar-refractivity contribution in [2.75, 3.05) is 13.2 Å². The fraction of sp³-hybridized carbons (Fsp3) is 0.333. The average molecular weight is 314 g/mol. The van der Waals surface area contributed by atoms with Crippen molar-refractivity contribution in [2.24, 2.45) is 0 Å². The van der Waals surface area contributed by atoms with Gasteiger partial charge < -0.3 is 14.8 Å². The maximum Gasteiger partial charge on any atom is 0.253 e. The second-order valence-electron chi connectivity index (χ2n) is 5.01. The lowest BCUT2D eigenvalue weighted by atomic mass is 10.1. The van der Waals surface area contributed by atoms with E-state index in [4.69, 9.17) is 9.47 Å². The van der Waals surface area contributed by atoms with Gasteiger partial charge in [0, 0.05) is 12.4 Å². The van der Waals surface area contributed by atoms with Crippen LogP contribution in [-0.2, 0) is 0 Å². The molecule has 0 aliphatic heterocycles. The first-order valence-corrected chi connectivity index (χ1v) is 7.76. The predicted octanol–water partition coefficient (Wildman–Crippen LogP) is 3.37. The molecule has 1 amide bonds. The number of benzene rings is 1. The van der Waals surface area contributed by atoms with Gasteiger partial charge in [0.15, 0.2) is 11.5 Å². The minimum absolute atomic E-state index is 0.155. The summed E-state index contributed by atoms with van der Waals surface area (Å²) in [5.74, 6) is 1.25. The maximum absolute atomic E-state index is 12.2. The van der Waals surface area contributed by atoms with E-state index in [0.717, 1.165) is 5.56 Å². The van der Waals surface area contributed by atoms with E-state index in [1.54, 1.807) is 24.5 Å². The minimum Gasteiger partial charge on any atom is -0.490 e. The first kappa shape index (κ1) is 16.8. The Bertz CT molecular complexity index is 644. The normalized spacial score (nSPS) is 11.6. The van der Waals surface area contributed by atoms with Gasteiger partial charge >= 0.3 is 0 Å². The molecule has 0 aliphatic carbocycles. The highest BCUT2D eigenvalue weighted by molar-refractivity contribution is 5.94. The van der Waals surface area contributed by atoms with Gasteiger partial charge in [-0.1, -0.05) is 6.07 Å². The number of ether oxygens (including phenoxy) is 2. The maximum atomic E-state index is 12.2. The molecule has 0 aliphatic rings. The van der Waals surface area contributed by atoms with Crippen LogP contribution in [0.5, 0.6) is 11.5 Å². The Morgan fingerprint density at radius 2 is 1.91 bits per heavy atom. The molecule has 122 valence electrons. The summed E-state index contributed by atoms with van der Waals surface area (Å²) >= 11 is 0. The minimum atomic E-state index is -0.155. The molecule has 5 heteroatoms. The molecule has 0 bridgehead atoms. The number of carbonyl (C=O) groups is 1.